The maximum Gasteiger partial charge on any atom is 0.438 e. The van der Waals surface area contributed by atoms with E-state index in [1.807, 2.05) is 0 Å². The quantitative estimate of drug-likeness (QED) is 0.888. The van der Waals surface area contributed by atoms with Gasteiger partial charge in [-0.1, -0.05) is 19.1 Å². The molecule has 2 rings (SSSR count). The van der Waals surface area contributed by atoms with Crippen LogP contribution in [0.5, 0.6) is 11.5 Å². The number of hydrogen-bond acceptors (Lipinski definition) is 5. The van der Waals surface area contributed by atoms with Gasteiger partial charge in [0.1, 0.15) is 0 Å². The number of methoxy groups -OCH3 is 1. The van der Waals surface area contributed by atoms with Crippen LogP contribution < -0.4 is 9.47 Å². The number of rotatable bonds is 5. The van der Waals surface area contributed by atoms with E-state index in [4.69, 9.17) is 9.47 Å². The van der Waals surface area contributed by atoms with Gasteiger partial charge in [-0.25, -0.2) is 0 Å². The van der Waals surface area contributed by atoms with Gasteiger partial charge in [-0.3, -0.25) is 4.79 Å². The first-order valence-corrected chi connectivity index (χ1v) is 7.17. The summed E-state index contributed by atoms with van der Waals surface area (Å²) in [6.45, 7) is 0.869. The molecular formula is C15H17F3N2O4. The first-order chi connectivity index (χ1) is 11.2. The van der Waals surface area contributed by atoms with Gasteiger partial charge in [0.15, 0.2) is 18.1 Å². The summed E-state index contributed by atoms with van der Waals surface area (Å²) < 4.78 is 49.7. The van der Waals surface area contributed by atoms with Crippen LogP contribution in [-0.4, -0.2) is 47.4 Å². The molecule has 9 heteroatoms. The molecule has 0 aromatic heterocycles. The summed E-state index contributed by atoms with van der Waals surface area (Å²) in [5, 5.41) is 13.6. The van der Waals surface area contributed by atoms with Crippen LogP contribution in [0.3, 0.4) is 0 Å². The van der Waals surface area contributed by atoms with Crippen LogP contribution in [-0.2, 0) is 4.79 Å². The molecule has 6 nitrogen and oxygen atoms in total. The van der Waals surface area contributed by atoms with Crippen molar-refractivity contribution in [3.05, 3.63) is 24.3 Å². The van der Waals surface area contributed by atoms with E-state index in [9.17, 15) is 23.1 Å². The highest BCUT2D eigenvalue weighted by molar-refractivity contribution is 5.91. The highest BCUT2D eigenvalue weighted by Crippen LogP contribution is 2.40. The summed E-state index contributed by atoms with van der Waals surface area (Å²) in [7, 11) is 1.39. The van der Waals surface area contributed by atoms with Crippen LogP contribution in [0.2, 0.25) is 0 Å². The van der Waals surface area contributed by atoms with E-state index < -0.39 is 30.8 Å². The van der Waals surface area contributed by atoms with E-state index in [1.165, 1.54) is 13.2 Å². The molecule has 0 aliphatic carbocycles. The van der Waals surface area contributed by atoms with Gasteiger partial charge in [-0.05, 0) is 18.6 Å². The van der Waals surface area contributed by atoms with Crippen molar-refractivity contribution in [1.82, 2.24) is 5.01 Å². The molecular weight excluding hydrogens is 329 g/mol. The molecule has 1 aliphatic heterocycles. The molecule has 1 heterocycles. The van der Waals surface area contributed by atoms with E-state index in [2.05, 4.69) is 5.10 Å². The lowest BCUT2D eigenvalue weighted by molar-refractivity contribution is -0.302. The number of nitrogens with zero attached hydrogens (tertiary/aromatic N) is 2. The Kier molecular flexibility index (Phi) is 5.02. The molecule has 0 saturated carbocycles. The molecule has 24 heavy (non-hydrogen) atoms. The molecule has 0 fully saturated rings. The summed E-state index contributed by atoms with van der Waals surface area (Å²) in [5.41, 5.74) is -3.26. The fraction of sp³-hybridized carbons (Fsp3) is 0.467. The minimum absolute atomic E-state index is 0.0568. The third-order valence-corrected chi connectivity index (χ3v) is 3.56. The first kappa shape index (κ1) is 18.1. The largest absolute Gasteiger partial charge is 0.493 e. The van der Waals surface area contributed by atoms with Crippen molar-refractivity contribution in [3.63, 3.8) is 0 Å². The van der Waals surface area contributed by atoms with Crippen LogP contribution in [0.1, 0.15) is 19.8 Å². The Hall–Kier alpha value is -2.29. The molecule has 1 unspecified atom stereocenters. The highest BCUT2D eigenvalue weighted by atomic mass is 19.4. The number of hydrazone groups is 1. The fourth-order valence-electron chi connectivity index (χ4n) is 2.24. The minimum Gasteiger partial charge on any atom is -0.493 e. The average Bonchev–Trinajstić information content (AvgIpc) is 2.91. The Morgan fingerprint density at radius 1 is 1.38 bits per heavy atom. The van der Waals surface area contributed by atoms with E-state index >= 15 is 0 Å². The van der Waals surface area contributed by atoms with Gasteiger partial charge in [-0.15, -0.1) is 0 Å². The Bertz CT molecular complexity index is 648. The van der Waals surface area contributed by atoms with Crippen molar-refractivity contribution < 1.29 is 32.5 Å². The molecule has 1 amide bonds. The van der Waals surface area contributed by atoms with Crippen molar-refractivity contribution in [3.8, 4) is 11.5 Å². The normalized spacial score (nSPS) is 20.8. The summed E-state index contributed by atoms with van der Waals surface area (Å²) in [6.07, 6.45) is -5.61. The lowest BCUT2D eigenvalue weighted by Gasteiger charge is -2.32. The molecule has 1 atom stereocenters. The number of amides is 1. The number of carbonyl (C=O) groups excluding carboxylic acids is 1. The van der Waals surface area contributed by atoms with Crippen LogP contribution in [0.25, 0.3) is 0 Å². The van der Waals surface area contributed by atoms with Gasteiger partial charge in [0.05, 0.1) is 7.11 Å². The molecule has 1 aromatic rings. The van der Waals surface area contributed by atoms with Gasteiger partial charge in [0, 0.05) is 12.1 Å². The smallest absolute Gasteiger partial charge is 0.438 e. The summed E-state index contributed by atoms with van der Waals surface area (Å²) in [4.78, 5) is 12.1. The molecule has 0 radical (unpaired) electrons. The number of halogens is 3. The molecule has 1 N–H and O–H groups in total. The topological polar surface area (TPSA) is 71.4 Å². The van der Waals surface area contributed by atoms with Gasteiger partial charge in [0.2, 0.25) is 0 Å². The van der Waals surface area contributed by atoms with Crippen molar-refractivity contribution in [2.24, 2.45) is 5.10 Å². The van der Waals surface area contributed by atoms with Gasteiger partial charge in [0.25, 0.3) is 11.6 Å². The van der Waals surface area contributed by atoms with E-state index in [0.717, 1.165) is 0 Å². The van der Waals surface area contributed by atoms with Gasteiger partial charge >= 0.3 is 6.18 Å². The van der Waals surface area contributed by atoms with Crippen LogP contribution in [0.4, 0.5) is 13.2 Å². The van der Waals surface area contributed by atoms with Crippen LogP contribution in [0, 0.1) is 0 Å². The second-order valence-corrected chi connectivity index (χ2v) is 5.16. The monoisotopic (exact) mass is 346 g/mol. The van der Waals surface area contributed by atoms with E-state index in [0.29, 0.717) is 5.75 Å². The zero-order valence-corrected chi connectivity index (χ0v) is 13.1. The van der Waals surface area contributed by atoms with Crippen LogP contribution >= 0.6 is 0 Å². The highest BCUT2D eigenvalue weighted by Gasteiger charge is 2.62. The maximum atomic E-state index is 13.2. The Morgan fingerprint density at radius 3 is 2.54 bits per heavy atom. The predicted molar refractivity (Wildman–Crippen MR) is 78.7 cm³/mol. The average molecular weight is 346 g/mol. The van der Waals surface area contributed by atoms with Gasteiger partial charge in [-0.2, -0.15) is 23.3 Å². The lowest BCUT2D eigenvalue weighted by Crippen LogP contribution is -2.57. The third-order valence-electron chi connectivity index (χ3n) is 3.56. The van der Waals surface area contributed by atoms with Crippen LogP contribution in [0.15, 0.2) is 29.4 Å². The molecule has 132 valence electrons. The number of carbonyl (C=O) groups is 1. The number of ether oxygens (including phenoxy) is 2. The van der Waals surface area contributed by atoms with E-state index in [1.54, 1.807) is 25.1 Å². The van der Waals surface area contributed by atoms with Crippen molar-refractivity contribution in [2.75, 3.05) is 13.7 Å². The molecule has 0 saturated heterocycles. The molecule has 1 aliphatic rings. The minimum atomic E-state index is -5.03. The van der Waals surface area contributed by atoms with Crippen molar-refractivity contribution in [1.29, 1.82) is 0 Å². The standard InChI is InChI=1S/C15H17F3N2O4/c1-3-10-8-14(22,15(16,17)18)20(19-10)13(21)9-24-12-7-5-4-6-11(12)23-2/h4-7,22H,3,8-9H2,1-2H3. The molecule has 1 aromatic carbocycles. The summed E-state index contributed by atoms with van der Waals surface area (Å²) in [6, 6.07) is 6.38. The molecule has 0 spiro atoms. The zero-order valence-electron chi connectivity index (χ0n) is 13.1. The zero-order chi connectivity index (χ0) is 18.0. The Labute approximate surface area is 136 Å². The Morgan fingerprint density at radius 2 is 2.00 bits per heavy atom. The van der Waals surface area contributed by atoms with E-state index in [-0.39, 0.29) is 22.9 Å². The second kappa shape index (κ2) is 6.68. The number of benzene rings is 1. The van der Waals surface area contributed by atoms with Crippen molar-refractivity contribution >= 4 is 11.6 Å². The lowest BCUT2D eigenvalue weighted by atomic mass is 10.1. The number of alkyl halides is 3. The number of hydrogen-bond donors (Lipinski definition) is 1. The predicted octanol–water partition coefficient (Wildman–Crippen LogP) is 2.32. The SMILES string of the molecule is CCC1=NN(C(=O)COc2ccccc2OC)C(O)(C(F)(F)F)C1. The number of para-hydroxylation sites is 2. The third kappa shape index (κ3) is 3.30. The fourth-order valence-corrected chi connectivity index (χ4v) is 2.24. The maximum absolute atomic E-state index is 13.2. The molecule has 0 bridgehead atoms. The Balaban J connectivity index is 2.16. The summed E-state index contributed by atoms with van der Waals surface area (Å²) in [5.74, 6) is -0.581. The second-order valence-electron chi connectivity index (χ2n) is 5.16. The van der Waals surface area contributed by atoms with Crippen molar-refractivity contribution in [2.45, 2.75) is 31.7 Å². The summed E-state index contributed by atoms with van der Waals surface area (Å²) >= 11 is 0. The first-order valence-electron chi connectivity index (χ1n) is 7.17. The number of aliphatic hydroxyl groups is 1. The van der Waals surface area contributed by atoms with Gasteiger partial charge < -0.3 is 14.6 Å².